The number of nitrogens with one attached hydrogen (secondary N) is 1. The molecule has 0 spiro atoms. The number of nitrogens with zero attached hydrogens (tertiary/aromatic N) is 1. The van der Waals surface area contributed by atoms with Crippen LogP contribution in [0.2, 0.25) is 0 Å². The molecule has 0 aromatic heterocycles. The first-order valence-electron chi connectivity index (χ1n) is 8.16. The molecule has 2 aliphatic rings. The molecule has 2 fully saturated rings. The van der Waals surface area contributed by atoms with Gasteiger partial charge in [-0.2, -0.15) is 0 Å². The second-order valence-electron chi connectivity index (χ2n) is 6.51. The zero-order chi connectivity index (χ0) is 13.7. The SMILES string of the molecule is CNC1CCCCC1CN(CCOC)C(C)C1CC1. The molecule has 0 bridgehead atoms. The molecule has 3 atom stereocenters. The Morgan fingerprint density at radius 2 is 1.95 bits per heavy atom. The van der Waals surface area contributed by atoms with Crippen LogP contribution in [0, 0.1) is 11.8 Å². The molecule has 0 heterocycles. The standard InChI is InChI=1S/C16H32N2O/c1-13(14-8-9-14)18(10-11-19-3)12-15-6-4-5-7-16(15)17-2/h13-17H,4-12H2,1-3H3. The second kappa shape index (κ2) is 7.61. The Labute approximate surface area is 119 Å². The van der Waals surface area contributed by atoms with E-state index in [0.717, 1.165) is 37.1 Å². The number of hydrogen-bond donors (Lipinski definition) is 1. The molecule has 1 N–H and O–H groups in total. The first-order chi connectivity index (χ1) is 9.26. The molecule has 0 amide bonds. The third-order valence-electron chi connectivity index (χ3n) is 5.21. The summed E-state index contributed by atoms with van der Waals surface area (Å²) in [7, 11) is 3.95. The van der Waals surface area contributed by atoms with Gasteiger partial charge < -0.3 is 10.1 Å². The van der Waals surface area contributed by atoms with Gasteiger partial charge in [-0.3, -0.25) is 4.90 Å². The van der Waals surface area contributed by atoms with Gasteiger partial charge in [0.1, 0.15) is 0 Å². The van der Waals surface area contributed by atoms with Crippen molar-refractivity contribution in [3.63, 3.8) is 0 Å². The number of methoxy groups -OCH3 is 1. The van der Waals surface area contributed by atoms with Gasteiger partial charge in [-0.25, -0.2) is 0 Å². The van der Waals surface area contributed by atoms with Gasteiger partial charge in [0.05, 0.1) is 6.61 Å². The molecule has 0 aromatic rings. The van der Waals surface area contributed by atoms with E-state index in [1.165, 1.54) is 45.1 Å². The highest BCUT2D eigenvalue weighted by Crippen LogP contribution is 2.36. The average Bonchev–Trinajstić information content (AvgIpc) is 3.27. The van der Waals surface area contributed by atoms with Crippen molar-refractivity contribution in [1.29, 1.82) is 0 Å². The lowest BCUT2D eigenvalue weighted by Gasteiger charge is -2.38. The van der Waals surface area contributed by atoms with E-state index in [4.69, 9.17) is 4.74 Å². The van der Waals surface area contributed by atoms with Crippen molar-refractivity contribution < 1.29 is 4.74 Å². The maximum absolute atomic E-state index is 5.31. The van der Waals surface area contributed by atoms with E-state index in [-0.39, 0.29) is 0 Å². The molecule has 3 heteroatoms. The lowest BCUT2D eigenvalue weighted by Crippen LogP contribution is -2.46. The monoisotopic (exact) mass is 268 g/mol. The normalized spacial score (nSPS) is 29.7. The Kier molecular flexibility index (Phi) is 6.11. The van der Waals surface area contributed by atoms with Gasteiger partial charge in [0.25, 0.3) is 0 Å². The van der Waals surface area contributed by atoms with Crippen molar-refractivity contribution in [1.82, 2.24) is 10.2 Å². The first kappa shape index (κ1) is 15.3. The topological polar surface area (TPSA) is 24.5 Å². The van der Waals surface area contributed by atoms with Crippen LogP contribution < -0.4 is 5.32 Å². The van der Waals surface area contributed by atoms with Crippen molar-refractivity contribution in [3.8, 4) is 0 Å². The van der Waals surface area contributed by atoms with E-state index < -0.39 is 0 Å². The predicted molar refractivity (Wildman–Crippen MR) is 80.4 cm³/mol. The summed E-state index contributed by atoms with van der Waals surface area (Å²) < 4.78 is 5.31. The number of rotatable bonds is 8. The maximum atomic E-state index is 5.31. The molecule has 2 saturated carbocycles. The fourth-order valence-corrected chi connectivity index (χ4v) is 3.65. The van der Waals surface area contributed by atoms with E-state index in [9.17, 15) is 0 Å². The van der Waals surface area contributed by atoms with Gasteiger partial charge >= 0.3 is 0 Å². The summed E-state index contributed by atoms with van der Waals surface area (Å²) in [5.74, 6) is 1.78. The molecule has 19 heavy (non-hydrogen) atoms. The Hall–Kier alpha value is -0.120. The Morgan fingerprint density at radius 1 is 1.21 bits per heavy atom. The number of ether oxygens (including phenoxy) is 1. The van der Waals surface area contributed by atoms with Crippen LogP contribution in [0.5, 0.6) is 0 Å². The molecule has 3 unspecified atom stereocenters. The van der Waals surface area contributed by atoms with Gasteiger partial charge in [0.15, 0.2) is 0 Å². The van der Waals surface area contributed by atoms with Crippen LogP contribution in [0.3, 0.4) is 0 Å². The summed E-state index contributed by atoms with van der Waals surface area (Å²) in [4.78, 5) is 2.70. The molecule has 3 nitrogen and oxygen atoms in total. The highest BCUT2D eigenvalue weighted by molar-refractivity contribution is 4.89. The third-order valence-corrected chi connectivity index (χ3v) is 5.21. The highest BCUT2D eigenvalue weighted by Gasteiger charge is 2.34. The quantitative estimate of drug-likeness (QED) is 0.732. The Bertz CT molecular complexity index is 255. The van der Waals surface area contributed by atoms with E-state index >= 15 is 0 Å². The lowest BCUT2D eigenvalue weighted by molar-refractivity contribution is 0.0875. The highest BCUT2D eigenvalue weighted by atomic mass is 16.5. The largest absolute Gasteiger partial charge is 0.383 e. The molecule has 0 aliphatic heterocycles. The summed E-state index contributed by atoms with van der Waals surface area (Å²) in [6.45, 7) is 5.65. The van der Waals surface area contributed by atoms with Crippen LogP contribution in [-0.4, -0.2) is 50.8 Å². The van der Waals surface area contributed by atoms with Crippen LogP contribution in [0.15, 0.2) is 0 Å². The molecule has 0 radical (unpaired) electrons. The molecule has 112 valence electrons. The zero-order valence-electron chi connectivity index (χ0n) is 13.0. The minimum absolute atomic E-state index is 0.727. The summed E-state index contributed by atoms with van der Waals surface area (Å²) in [5.41, 5.74) is 0. The van der Waals surface area contributed by atoms with Crippen molar-refractivity contribution in [2.75, 3.05) is 33.9 Å². The molecular weight excluding hydrogens is 236 g/mol. The van der Waals surface area contributed by atoms with E-state index in [1.807, 2.05) is 7.11 Å². The molecule has 2 aliphatic carbocycles. The van der Waals surface area contributed by atoms with Crippen molar-refractivity contribution in [2.24, 2.45) is 11.8 Å². The summed E-state index contributed by atoms with van der Waals surface area (Å²) in [6.07, 6.45) is 8.44. The summed E-state index contributed by atoms with van der Waals surface area (Å²) in [5, 5.41) is 3.54. The minimum Gasteiger partial charge on any atom is -0.383 e. The summed E-state index contributed by atoms with van der Waals surface area (Å²) in [6, 6.07) is 1.47. The first-order valence-corrected chi connectivity index (χ1v) is 8.16. The average molecular weight is 268 g/mol. The van der Waals surface area contributed by atoms with Crippen LogP contribution in [-0.2, 0) is 4.74 Å². The molecule has 2 rings (SSSR count). The minimum atomic E-state index is 0.727. The van der Waals surface area contributed by atoms with E-state index in [2.05, 4.69) is 24.2 Å². The van der Waals surface area contributed by atoms with Crippen LogP contribution in [0.4, 0.5) is 0 Å². The van der Waals surface area contributed by atoms with Gasteiger partial charge in [-0.1, -0.05) is 12.8 Å². The Balaban J connectivity index is 1.89. The van der Waals surface area contributed by atoms with Crippen LogP contribution in [0.25, 0.3) is 0 Å². The number of hydrogen-bond acceptors (Lipinski definition) is 3. The fourth-order valence-electron chi connectivity index (χ4n) is 3.65. The van der Waals surface area contributed by atoms with Crippen LogP contribution >= 0.6 is 0 Å². The lowest BCUT2D eigenvalue weighted by atomic mass is 9.84. The second-order valence-corrected chi connectivity index (χ2v) is 6.51. The maximum Gasteiger partial charge on any atom is 0.0589 e. The van der Waals surface area contributed by atoms with Crippen molar-refractivity contribution in [2.45, 2.75) is 57.5 Å². The van der Waals surface area contributed by atoms with Crippen LogP contribution in [0.1, 0.15) is 45.4 Å². The molecular formula is C16H32N2O. The summed E-state index contributed by atoms with van der Waals surface area (Å²) >= 11 is 0. The molecule has 0 aromatic carbocycles. The van der Waals surface area contributed by atoms with Crippen molar-refractivity contribution >= 4 is 0 Å². The van der Waals surface area contributed by atoms with Gasteiger partial charge in [0, 0.05) is 32.3 Å². The smallest absolute Gasteiger partial charge is 0.0589 e. The predicted octanol–water partition coefficient (Wildman–Crippen LogP) is 2.51. The van der Waals surface area contributed by atoms with Gasteiger partial charge in [-0.15, -0.1) is 0 Å². The van der Waals surface area contributed by atoms with Gasteiger partial charge in [0.2, 0.25) is 0 Å². The third kappa shape index (κ3) is 4.44. The molecule has 0 saturated heterocycles. The van der Waals surface area contributed by atoms with E-state index in [1.54, 1.807) is 0 Å². The van der Waals surface area contributed by atoms with Crippen molar-refractivity contribution in [3.05, 3.63) is 0 Å². The zero-order valence-corrected chi connectivity index (χ0v) is 13.0. The van der Waals surface area contributed by atoms with Gasteiger partial charge in [-0.05, 0) is 51.5 Å². The van der Waals surface area contributed by atoms with E-state index in [0.29, 0.717) is 0 Å². The Morgan fingerprint density at radius 3 is 2.58 bits per heavy atom. The fraction of sp³-hybridized carbons (Fsp3) is 1.00.